The predicted octanol–water partition coefficient (Wildman–Crippen LogP) is 4.52. The molecule has 0 saturated carbocycles. The third-order valence-electron chi connectivity index (χ3n) is 5.55. The zero-order chi connectivity index (χ0) is 21.2. The Labute approximate surface area is 186 Å². The van der Waals surface area contributed by atoms with Crippen LogP contribution in [0.15, 0.2) is 72.0 Å². The second-order valence-electron chi connectivity index (χ2n) is 7.56. The lowest BCUT2D eigenvalue weighted by atomic mass is 9.91. The Kier molecular flexibility index (Phi) is 5.40. The van der Waals surface area contributed by atoms with Gasteiger partial charge in [-0.2, -0.15) is 5.10 Å². The van der Waals surface area contributed by atoms with Crippen LogP contribution in [-0.2, 0) is 4.74 Å². The molecule has 0 aliphatic carbocycles. The van der Waals surface area contributed by atoms with Gasteiger partial charge in [0.25, 0.3) is 0 Å². The van der Waals surface area contributed by atoms with E-state index in [1.165, 1.54) is 5.56 Å². The number of anilines is 2. The molecule has 5 rings (SSSR count). The van der Waals surface area contributed by atoms with Gasteiger partial charge in [-0.3, -0.25) is 0 Å². The molecule has 0 saturated heterocycles. The SMILES string of the molecule is Nc1cnc(C2=CCOCC2)nc1N1CC(c2ccccc2)C(c2ccc(Cl)cc2)=N1. The predicted molar refractivity (Wildman–Crippen MR) is 124 cm³/mol. The molecule has 0 spiro atoms. The smallest absolute Gasteiger partial charge is 0.176 e. The number of hydrogen-bond acceptors (Lipinski definition) is 6. The van der Waals surface area contributed by atoms with Crippen molar-refractivity contribution in [2.75, 3.05) is 30.5 Å². The Morgan fingerprint density at radius 2 is 1.87 bits per heavy atom. The maximum absolute atomic E-state index is 6.29. The standard InChI is InChI=1S/C24H22ClN5O/c25-19-8-6-17(7-9-19)22-20(16-4-2-1-3-5-16)15-30(29-22)24-21(26)14-27-23(28-24)18-10-12-31-13-11-18/h1-10,14,20H,11-13,15,26H2. The number of hydrazone groups is 1. The summed E-state index contributed by atoms with van der Waals surface area (Å²) in [5.74, 6) is 1.39. The van der Waals surface area contributed by atoms with Gasteiger partial charge in [-0.25, -0.2) is 15.0 Å². The van der Waals surface area contributed by atoms with E-state index in [9.17, 15) is 0 Å². The highest BCUT2D eigenvalue weighted by molar-refractivity contribution is 6.30. The first-order valence-electron chi connectivity index (χ1n) is 10.3. The van der Waals surface area contributed by atoms with E-state index in [4.69, 9.17) is 32.2 Å². The van der Waals surface area contributed by atoms with Crippen LogP contribution >= 0.6 is 11.6 Å². The van der Waals surface area contributed by atoms with Gasteiger partial charge in [0.05, 0.1) is 37.4 Å². The van der Waals surface area contributed by atoms with Gasteiger partial charge in [0, 0.05) is 10.9 Å². The molecule has 7 heteroatoms. The number of nitrogens with two attached hydrogens (primary N) is 1. The fraction of sp³-hybridized carbons (Fsp3) is 0.208. The Bertz CT molecular complexity index is 1140. The molecule has 0 radical (unpaired) electrons. The molecule has 1 aromatic heterocycles. The summed E-state index contributed by atoms with van der Waals surface area (Å²) >= 11 is 6.11. The van der Waals surface area contributed by atoms with Gasteiger partial charge >= 0.3 is 0 Å². The number of nitrogens with zero attached hydrogens (tertiary/aromatic N) is 4. The van der Waals surface area contributed by atoms with Crippen LogP contribution in [0.2, 0.25) is 5.02 Å². The minimum Gasteiger partial charge on any atom is -0.394 e. The van der Waals surface area contributed by atoms with E-state index in [1.807, 2.05) is 53.5 Å². The van der Waals surface area contributed by atoms with Gasteiger partial charge in [0.1, 0.15) is 0 Å². The first kappa shape index (κ1) is 19.7. The lowest BCUT2D eigenvalue weighted by molar-refractivity contribution is 0.161. The Balaban J connectivity index is 1.55. The number of ether oxygens (including phenoxy) is 1. The summed E-state index contributed by atoms with van der Waals surface area (Å²) in [5.41, 5.74) is 11.1. The molecule has 0 amide bonds. The zero-order valence-corrected chi connectivity index (χ0v) is 17.7. The largest absolute Gasteiger partial charge is 0.394 e. The fourth-order valence-electron chi connectivity index (χ4n) is 3.94. The van der Waals surface area contributed by atoms with Crippen molar-refractivity contribution in [3.8, 4) is 0 Å². The van der Waals surface area contributed by atoms with E-state index in [0.29, 0.717) is 42.1 Å². The molecule has 0 bridgehead atoms. The lowest BCUT2D eigenvalue weighted by Gasteiger charge is -2.19. The van der Waals surface area contributed by atoms with Crippen LogP contribution in [0.5, 0.6) is 0 Å². The maximum Gasteiger partial charge on any atom is 0.176 e. The fourth-order valence-corrected chi connectivity index (χ4v) is 4.06. The number of aromatic nitrogens is 2. The first-order valence-corrected chi connectivity index (χ1v) is 10.6. The van der Waals surface area contributed by atoms with Gasteiger partial charge in [-0.05, 0) is 35.3 Å². The summed E-state index contributed by atoms with van der Waals surface area (Å²) in [5, 5.41) is 7.55. The highest BCUT2D eigenvalue weighted by Gasteiger charge is 2.31. The third kappa shape index (κ3) is 4.04. The van der Waals surface area contributed by atoms with Gasteiger partial charge in [-0.1, -0.05) is 60.1 Å². The molecule has 3 aromatic rings. The van der Waals surface area contributed by atoms with Crippen molar-refractivity contribution in [2.24, 2.45) is 5.10 Å². The van der Waals surface area contributed by atoms with Crippen molar-refractivity contribution in [3.05, 3.63) is 88.8 Å². The average molecular weight is 432 g/mol. The topological polar surface area (TPSA) is 76.6 Å². The number of hydrogen-bond donors (Lipinski definition) is 1. The zero-order valence-electron chi connectivity index (χ0n) is 16.9. The molecule has 3 heterocycles. The highest BCUT2D eigenvalue weighted by Crippen LogP contribution is 2.34. The minimum atomic E-state index is 0.0856. The maximum atomic E-state index is 6.29. The van der Waals surface area contributed by atoms with Gasteiger partial charge in [0.2, 0.25) is 0 Å². The normalized spacial score (nSPS) is 18.6. The average Bonchev–Trinajstić information content (AvgIpc) is 3.26. The molecule has 31 heavy (non-hydrogen) atoms. The summed E-state index contributed by atoms with van der Waals surface area (Å²) in [4.78, 5) is 9.23. The molecule has 2 aliphatic heterocycles. The second-order valence-corrected chi connectivity index (χ2v) is 8.00. The minimum absolute atomic E-state index is 0.0856. The quantitative estimate of drug-likeness (QED) is 0.657. The number of nitrogen functional groups attached to an aromatic ring is 1. The molecule has 1 unspecified atom stereocenters. The summed E-state index contributed by atoms with van der Waals surface area (Å²) < 4.78 is 5.41. The Hall–Kier alpha value is -3.22. The Morgan fingerprint density at radius 3 is 2.61 bits per heavy atom. The van der Waals surface area contributed by atoms with Crippen molar-refractivity contribution >= 4 is 34.4 Å². The van der Waals surface area contributed by atoms with E-state index >= 15 is 0 Å². The van der Waals surface area contributed by atoms with E-state index in [-0.39, 0.29) is 5.92 Å². The van der Waals surface area contributed by atoms with Crippen molar-refractivity contribution in [3.63, 3.8) is 0 Å². The molecule has 1 atom stereocenters. The summed E-state index contributed by atoms with van der Waals surface area (Å²) in [6, 6.07) is 18.1. The number of halogens is 1. The molecule has 6 nitrogen and oxygen atoms in total. The molecule has 0 fully saturated rings. The summed E-state index contributed by atoms with van der Waals surface area (Å²) in [6.07, 6.45) is 4.48. The van der Waals surface area contributed by atoms with Gasteiger partial charge in [-0.15, -0.1) is 0 Å². The van der Waals surface area contributed by atoms with Crippen LogP contribution in [0.3, 0.4) is 0 Å². The van der Waals surface area contributed by atoms with Gasteiger partial charge in [0.15, 0.2) is 11.6 Å². The van der Waals surface area contributed by atoms with E-state index < -0.39 is 0 Å². The second kappa shape index (κ2) is 8.49. The van der Waals surface area contributed by atoms with E-state index in [0.717, 1.165) is 23.3 Å². The summed E-state index contributed by atoms with van der Waals surface area (Å²) in [7, 11) is 0. The van der Waals surface area contributed by atoms with E-state index in [2.05, 4.69) is 17.1 Å². The van der Waals surface area contributed by atoms with Crippen LogP contribution in [0.1, 0.15) is 29.3 Å². The van der Waals surface area contributed by atoms with Crippen molar-refractivity contribution < 1.29 is 4.74 Å². The monoisotopic (exact) mass is 431 g/mol. The van der Waals surface area contributed by atoms with Crippen LogP contribution in [0, 0.1) is 0 Å². The van der Waals surface area contributed by atoms with Crippen molar-refractivity contribution in [1.82, 2.24) is 9.97 Å². The van der Waals surface area contributed by atoms with Crippen LogP contribution in [-0.4, -0.2) is 35.4 Å². The lowest BCUT2D eigenvalue weighted by Crippen LogP contribution is -2.21. The van der Waals surface area contributed by atoms with Crippen molar-refractivity contribution in [2.45, 2.75) is 12.3 Å². The van der Waals surface area contributed by atoms with Crippen LogP contribution < -0.4 is 10.7 Å². The van der Waals surface area contributed by atoms with Crippen LogP contribution in [0.25, 0.3) is 5.57 Å². The summed E-state index contributed by atoms with van der Waals surface area (Å²) in [6.45, 7) is 1.90. The van der Waals surface area contributed by atoms with Crippen molar-refractivity contribution in [1.29, 1.82) is 0 Å². The highest BCUT2D eigenvalue weighted by atomic mass is 35.5. The van der Waals surface area contributed by atoms with Crippen LogP contribution in [0.4, 0.5) is 11.5 Å². The van der Waals surface area contributed by atoms with Gasteiger partial charge < -0.3 is 10.5 Å². The van der Waals surface area contributed by atoms with E-state index in [1.54, 1.807) is 6.20 Å². The number of benzene rings is 2. The first-order chi connectivity index (χ1) is 15.2. The molecule has 2 N–H and O–H groups in total. The Morgan fingerprint density at radius 1 is 1.06 bits per heavy atom. The molecular weight excluding hydrogens is 410 g/mol. The third-order valence-corrected chi connectivity index (χ3v) is 5.80. The molecule has 156 valence electrons. The molecule has 2 aromatic carbocycles. The molecular formula is C24H22ClN5O. The molecule has 2 aliphatic rings. The number of rotatable bonds is 4.